The monoisotopic (exact) mass is 231 g/mol. The van der Waals surface area contributed by atoms with E-state index in [1.165, 1.54) is 0 Å². The fraction of sp³-hybridized carbons (Fsp3) is 0.625. The molecule has 1 aliphatic rings. The molecule has 0 aromatic rings. The molecule has 0 aromatic heterocycles. The molecule has 7 heteroatoms. The van der Waals surface area contributed by atoms with Crippen molar-refractivity contribution < 1.29 is 14.4 Å². The molecule has 0 saturated carbocycles. The SMILES string of the molecule is NCC(=O)NCCN1C(=O)C[C@@H](S)C1=O. The Hall–Kier alpha value is -1.08. The maximum Gasteiger partial charge on any atom is 0.242 e. The molecule has 0 spiro atoms. The van der Waals surface area contributed by atoms with Crippen LogP contribution >= 0.6 is 12.6 Å². The molecule has 3 N–H and O–H groups in total. The summed E-state index contributed by atoms with van der Waals surface area (Å²) < 4.78 is 0. The van der Waals surface area contributed by atoms with Crippen molar-refractivity contribution in [2.75, 3.05) is 19.6 Å². The van der Waals surface area contributed by atoms with Crippen molar-refractivity contribution in [1.82, 2.24) is 10.2 Å². The molecule has 0 radical (unpaired) electrons. The van der Waals surface area contributed by atoms with Crippen LogP contribution in [-0.2, 0) is 14.4 Å². The Morgan fingerprint density at radius 3 is 2.73 bits per heavy atom. The number of nitrogens with two attached hydrogens (primary N) is 1. The number of nitrogens with one attached hydrogen (secondary N) is 1. The van der Waals surface area contributed by atoms with Crippen LogP contribution in [0.15, 0.2) is 0 Å². The summed E-state index contributed by atoms with van der Waals surface area (Å²) >= 11 is 3.97. The minimum absolute atomic E-state index is 0.100. The Morgan fingerprint density at radius 2 is 2.27 bits per heavy atom. The standard InChI is InChI=1S/C8H13N3O3S/c9-4-6(12)10-1-2-11-7(13)3-5(15)8(11)14/h5,15H,1-4,9H2,(H,10,12)/t5-/m1/s1. The largest absolute Gasteiger partial charge is 0.353 e. The van der Waals surface area contributed by atoms with Gasteiger partial charge in [-0.25, -0.2) is 0 Å². The number of rotatable bonds is 4. The molecule has 1 rings (SSSR count). The average molecular weight is 231 g/mol. The van der Waals surface area contributed by atoms with Gasteiger partial charge in [-0.2, -0.15) is 12.6 Å². The van der Waals surface area contributed by atoms with Gasteiger partial charge in [-0.1, -0.05) is 0 Å². The molecule has 1 heterocycles. The Kier molecular flexibility index (Phi) is 4.10. The van der Waals surface area contributed by atoms with Crippen LogP contribution in [0.2, 0.25) is 0 Å². The Balaban J connectivity index is 2.36. The fourth-order valence-corrected chi connectivity index (χ4v) is 1.58. The second-order valence-electron chi connectivity index (χ2n) is 3.16. The van der Waals surface area contributed by atoms with Crippen LogP contribution in [0.4, 0.5) is 0 Å². The van der Waals surface area contributed by atoms with Crippen LogP contribution in [-0.4, -0.2) is 47.5 Å². The minimum atomic E-state index is -0.539. The predicted molar refractivity (Wildman–Crippen MR) is 56.2 cm³/mol. The molecule has 15 heavy (non-hydrogen) atoms. The maximum atomic E-state index is 11.4. The van der Waals surface area contributed by atoms with E-state index in [2.05, 4.69) is 17.9 Å². The Morgan fingerprint density at radius 1 is 1.60 bits per heavy atom. The van der Waals surface area contributed by atoms with Crippen molar-refractivity contribution in [2.24, 2.45) is 5.73 Å². The molecule has 0 bridgehead atoms. The number of thiol groups is 1. The molecule has 0 aromatic carbocycles. The third-order valence-electron chi connectivity index (χ3n) is 2.06. The lowest BCUT2D eigenvalue weighted by Crippen LogP contribution is -2.40. The molecule has 1 atom stereocenters. The number of imide groups is 1. The number of carbonyl (C=O) groups excluding carboxylic acids is 3. The van der Waals surface area contributed by atoms with Gasteiger partial charge in [-0.3, -0.25) is 19.3 Å². The van der Waals surface area contributed by atoms with Crippen LogP contribution in [0.5, 0.6) is 0 Å². The van der Waals surface area contributed by atoms with Crippen LogP contribution in [0.1, 0.15) is 6.42 Å². The summed E-state index contributed by atoms with van der Waals surface area (Å²) in [5.41, 5.74) is 5.07. The van der Waals surface area contributed by atoms with Crippen molar-refractivity contribution in [2.45, 2.75) is 11.7 Å². The third kappa shape index (κ3) is 2.93. The third-order valence-corrected chi connectivity index (χ3v) is 2.47. The lowest BCUT2D eigenvalue weighted by atomic mass is 10.4. The first-order valence-electron chi connectivity index (χ1n) is 4.55. The topological polar surface area (TPSA) is 92.5 Å². The Bertz CT molecular complexity index is 295. The summed E-state index contributed by atoms with van der Waals surface area (Å²) in [7, 11) is 0. The van der Waals surface area contributed by atoms with E-state index < -0.39 is 5.25 Å². The van der Waals surface area contributed by atoms with Gasteiger partial charge in [0.15, 0.2) is 0 Å². The van der Waals surface area contributed by atoms with Gasteiger partial charge in [-0.05, 0) is 0 Å². The van der Waals surface area contributed by atoms with Gasteiger partial charge in [0.05, 0.1) is 11.8 Å². The first kappa shape index (κ1) is 12.0. The van der Waals surface area contributed by atoms with E-state index >= 15 is 0 Å². The molecular formula is C8H13N3O3S. The maximum absolute atomic E-state index is 11.4. The van der Waals surface area contributed by atoms with Crippen LogP contribution in [0.25, 0.3) is 0 Å². The van der Waals surface area contributed by atoms with E-state index in [0.29, 0.717) is 0 Å². The molecule has 3 amide bonds. The second kappa shape index (κ2) is 5.13. The van der Waals surface area contributed by atoms with Gasteiger partial charge in [-0.15, -0.1) is 0 Å². The highest BCUT2D eigenvalue weighted by Gasteiger charge is 2.35. The summed E-state index contributed by atoms with van der Waals surface area (Å²) in [4.78, 5) is 34.5. The van der Waals surface area contributed by atoms with Gasteiger partial charge in [0.25, 0.3) is 0 Å². The summed E-state index contributed by atoms with van der Waals surface area (Å²) in [5, 5.41) is 1.94. The van der Waals surface area contributed by atoms with E-state index in [0.717, 1.165) is 4.90 Å². The highest BCUT2D eigenvalue weighted by Crippen LogP contribution is 2.16. The second-order valence-corrected chi connectivity index (χ2v) is 3.78. The smallest absolute Gasteiger partial charge is 0.242 e. The fourth-order valence-electron chi connectivity index (χ4n) is 1.28. The van der Waals surface area contributed by atoms with Crippen molar-refractivity contribution in [3.05, 3.63) is 0 Å². The lowest BCUT2D eigenvalue weighted by molar-refractivity contribution is -0.138. The predicted octanol–water partition coefficient (Wildman–Crippen LogP) is -1.88. The summed E-state index contributed by atoms with van der Waals surface area (Å²) in [6.45, 7) is 0.311. The Labute approximate surface area is 92.6 Å². The highest BCUT2D eigenvalue weighted by atomic mass is 32.1. The molecule has 0 aliphatic carbocycles. The summed E-state index contributed by atoms with van der Waals surface area (Å²) in [5.74, 6) is -0.858. The quantitative estimate of drug-likeness (QED) is 0.390. The van der Waals surface area contributed by atoms with Gasteiger partial charge >= 0.3 is 0 Å². The minimum Gasteiger partial charge on any atom is -0.353 e. The van der Waals surface area contributed by atoms with E-state index in [-0.39, 0.29) is 43.8 Å². The zero-order chi connectivity index (χ0) is 11.4. The lowest BCUT2D eigenvalue weighted by Gasteiger charge is -2.14. The molecule has 0 unspecified atom stereocenters. The van der Waals surface area contributed by atoms with E-state index in [9.17, 15) is 14.4 Å². The van der Waals surface area contributed by atoms with Crippen molar-refractivity contribution in [3.8, 4) is 0 Å². The molecule has 1 saturated heterocycles. The number of hydrogen-bond acceptors (Lipinski definition) is 5. The van der Waals surface area contributed by atoms with Gasteiger partial charge in [0, 0.05) is 19.5 Å². The van der Waals surface area contributed by atoms with Crippen molar-refractivity contribution in [3.63, 3.8) is 0 Å². The summed E-state index contributed by atoms with van der Waals surface area (Å²) in [6, 6.07) is 0. The number of hydrogen-bond donors (Lipinski definition) is 3. The van der Waals surface area contributed by atoms with E-state index in [1.807, 2.05) is 0 Å². The van der Waals surface area contributed by atoms with Gasteiger partial charge in [0.1, 0.15) is 0 Å². The summed E-state index contributed by atoms with van der Waals surface area (Å²) in [6.07, 6.45) is 0.132. The molecule has 6 nitrogen and oxygen atoms in total. The van der Waals surface area contributed by atoms with E-state index in [4.69, 9.17) is 5.73 Å². The van der Waals surface area contributed by atoms with E-state index in [1.54, 1.807) is 0 Å². The number of carbonyl (C=O) groups is 3. The van der Waals surface area contributed by atoms with Crippen molar-refractivity contribution >= 4 is 30.4 Å². The van der Waals surface area contributed by atoms with Gasteiger partial charge < -0.3 is 11.1 Å². The number of amides is 3. The highest BCUT2D eigenvalue weighted by molar-refractivity contribution is 7.81. The molecule has 1 fully saturated rings. The molecule has 84 valence electrons. The van der Waals surface area contributed by atoms with Crippen LogP contribution < -0.4 is 11.1 Å². The van der Waals surface area contributed by atoms with Gasteiger partial charge in [0.2, 0.25) is 17.7 Å². The molecular weight excluding hydrogens is 218 g/mol. The van der Waals surface area contributed by atoms with Crippen LogP contribution in [0, 0.1) is 0 Å². The first-order chi connectivity index (χ1) is 7.06. The van der Waals surface area contributed by atoms with Crippen molar-refractivity contribution in [1.29, 1.82) is 0 Å². The zero-order valence-electron chi connectivity index (χ0n) is 8.10. The average Bonchev–Trinajstić information content (AvgIpc) is 2.44. The van der Waals surface area contributed by atoms with Crippen LogP contribution in [0.3, 0.4) is 0 Å². The number of likely N-dealkylation sites (tertiary alicyclic amines) is 1. The number of nitrogens with zero attached hydrogens (tertiary/aromatic N) is 1. The zero-order valence-corrected chi connectivity index (χ0v) is 9.00. The first-order valence-corrected chi connectivity index (χ1v) is 5.07. The molecule has 1 aliphatic heterocycles. The normalized spacial score (nSPS) is 20.9.